The van der Waals surface area contributed by atoms with Crippen molar-refractivity contribution in [3.05, 3.63) is 76.1 Å². The predicted octanol–water partition coefficient (Wildman–Crippen LogP) is 3.38. The van der Waals surface area contributed by atoms with E-state index in [-0.39, 0.29) is 11.4 Å². The fourth-order valence-corrected chi connectivity index (χ4v) is 2.60. The summed E-state index contributed by atoms with van der Waals surface area (Å²) in [5.74, 6) is 0.0271. The molecule has 128 valence electrons. The van der Waals surface area contributed by atoms with Crippen LogP contribution in [0.3, 0.4) is 0 Å². The zero-order valence-corrected chi connectivity index (χ0v) is 14.2. The number of aryl methyl sites for hydroxylation is 2. The van der Waals surface area contributed by atoms with E-state index >= 15 is 0 Å². The summed E-state index contributed by atoms with van der Waals surface area (Å²) >= 11 is 0. The summed E-state index contributed by atoms with van der Waals surface area (Å²) in [7, 11) is 0. The molecule has 5 nitrogen and oxygen atoms in total. The van der Waals surface area contributed by atoms with Crippen LogP contribution in [0.1, 0.15) is 18.1 Å². The molecule has 0 bridgehead atoms. The van der Waals surface area contributed by atoms with Crippen molar-refractivity contribution in [3.8, 4) is 11.3 Å². The zero-order chi connectivity index (χ0) is 17.8. The first-order valence-electron chi connectivity index (χ1n) is 8.11. The number of nitrogens with one attached hydrogen (secondary N) is 1. The highest BCUT2D eigenvalue weighted by Gasteiger charge is 2.11. The molecule has 2 aromatic heterocycles. The second-order valence-electron chi connectivity index (χ2n) is 5.68. The molecule has 2 heterocycles. The molecule has 0 atom stereocenters. The Morgan fingerprint density at radius 1 is 1.20 bits per heavy atom. The van der Waals surface area contributed by atoms with Gasteiger partial charge in [-0.3, -0.25) is 4.79 Å². The van der Waals surface area contributed by atoms with Crippen LogP contribution in [0.15, 0.2) is 53.6 Å². The van der Waals surface area contributed by atoms with Gasteiger partial charge < -0.3 is 9.88 Å². The first-order valence-corrected chi connectivity index (χ1v) is 8.11. The molecular weight excluding hydrogens is 319 g/mol. The third kappa shape index (κ3) is 3.57. The lowest BCUT2D eigenvalue weighted by atomic mass is 10.1. The minimum absolute atomic E-state index is 0.0426. The van der Waals surface area contributed by atoms with Crippen LogP contribution in [-0.4, -0.2) is 14.5 Å². The van der Waals surface area contributed by atoms with E-state index in [1.165, 1.54) is 6.07 Å². The van der Waals surface area contributed by atoms with Gasteiger partial charge in [0.1, 0.15) is 5.82 Å². The Morgan fingerprint density at radius 2 is 2.00 bits per heavy atom. The van der Waals surface area contributed by atoms with Crippen molar-refractivity contribution in [2.24, 2.45) is 0 Å². The van der Waals surface area contributed by atoms with Crippen LogP contribution >= 0.6 is 0 Å². The molecule has 3 aromatic rings. The van der Waals surface area contributed by atoms with E-state index in [9.17, 15) is 9.18 Å². The van der Waals surface area contributed by atoms with E-state index in [4.69, 9.17) is 0 Å². The molecule has 0 amide bonds. The number of anilines is 1. The van der Waals surface area contributed by atoms with Gasteiger partial charge in [0, 0.05) is 36.6 Å². The number of halogens is 1. The Kier molecular flexibility index (Phi) is 4.88. The Hall–Kier alpha value is -3.02. The van der Waals surface area contributed by atoms with Crippen molar-refractivity contribution >= 4 is 5.95 Å². The van der Waals surface area contributed by atoms with Crippen LogP contribution in [0.4, 0.5) is 10.3 Å². The molecule has 0 saturated carbocycles. The first-order chi connectivity index (χ1) is 12.1. The van der Waals surface area contributed by atoms with Gasteiger partial charge in [-0.05, 0) is 37.6 Å². The van der Waals surface area contributed by atoms with E-state index < -0.39 is 0 Å². The summed E-state index contributed by atoms with van der Waals surface area (Å²) in [5, 5.41) is 3.05. The Balaban J connectivity index is 1.87. The van der Waals surface area contributed by atoms with Crippen LogP contribution < -0.4 is 10.9 Å². The molecule has 0 spiro atoms. The van der Waals surface area contributed by atoms with Crippen LogP contribution in [0.25, 0.3) is 11.3 Å². The SMILES string of the molecule is CCn1cccc(CNc2ncc(C)c(-c3ccccc3F)n2)c1=O. The number of rotatable bonds is 5. The molecule has 1 N–H and O–H groups in total. The van der Waals surface area contributed by atoms with Gasteiger partial charge in [0.05, 0.1) is 5.69 Å². The summed E-state index contributed by atoms with van der Waals surface area (Å²) < 4.78 is 15.7. The number of nitrogens with zero attached hydrogens (tertiary/aromatic N) is 3. The molecule has 6 heteroatoms. The number of pyridine rings is 1. The van der Waals surface area contributed by atoms with Crippen molar-refractivity contribution in [2.45, 2.75) is 26.9 Å². The van der Waals surface area contributed by atoms with E-state index in [1.54, 1.807) is 41.2 Å². The average molecular weight is 338 g/mol. The van der Waals surface area contributed by atoms with Gasteiger partial charge in [0.2, 0.25) is 5.95 Å². The Labute approximate surface area is 145 Å². The van der Waals surface area contributed by atoms with Crippen LogP contribution in [0.5, 0.6) is 0 Å². The van der Waals surface area contributed by atoms with Crippen molar-refractivity contribution in [1.29, 1.82) is 0 Å². The highest BCUT2D eigenvalue weighted by atomic mass is 19.1. The minimum Gasteiger partial charge on any atom is -0.350 e. The second kappa shape index (κ2) is 7.25. The zero-order valence-electron chi connectivity index (χ0n) is 14.2. The quantitative estimate of drug-likeness (QED) is 0.775. The van der Waals surface area contributed by atoms with Crippen LogP contribution in [0, 0.1) is 12.7 Å². The van der Waals surface area contributed by atoms with Crippen molar-refractivity contribution in [1.82, 2.24) is 14.5 Å². The molecule has 0 aliphatic rings. The van der Waals surface area contributed by atoms with E-state index in [1.807, 2.05) is 19.9 Å². The van der Waals surface area contributed by atoms with E-state index in [0.717, 1.165) is 5.56 Å². The molecule has 0 fully saturated rings. The summed E-state index contributed by atoms with van der Waals surface area (Å²) in [6.45, 7) is 4.68. The maximum atomic E-state index is 14.0. The minimum atomic E-state index is -0.329. The Morgan fingerprint density at radius 3 is 2.76 bits per heavy atom. The van der Waals surface area contributed by atoms with Crippen molar-refractivity contribution in [2.75, 3.05) is 5.32 Å². The monoisotopic (exact) mass is 338 g/mol. The van der Waals surface area contributed by atoms with Gasteiger partial charge in [0.15, 0.2) is 0 Å². The largest absolute Gasteiger partial charge is 0.350 e. The van der Waals surface area contributed by atoms with Crippen molar-refractivity contribution < 1.29 is 4.39 Å². The Bertz CT molecular complexity index is 952. The van der Waals surface area contributed by atoms with Gasteiger partial charge in [-0.1, -0.05) is 18.2 Å². The number of aromatic nitrogens is 3. The van der Waals surface area contributed by atoms with Gasteiger partial charge in [-0.15, -0.1) is 0 Å². The molecular formula is C19H19FN4O. The van der Waals surface area contributed by atoms with Gasteiger partial charge in [0.25, 0.3) is 5.56 Å². The maximum absolute atomic E-state index is 14.0. The average Bonchev–Trinajstić information content (AvgIpc) is 2.62. The molecule has 0 aliphatic carbocycles. The molecule has 0 radical (unpaired) electrons. The van der Waals surface area contributed by atoms with Gasteiger partial charge in [-0.25, -0.2) is 14.4 Å². The number of benzene rings is 1. The lowest BCUT2D eigenvalue weighted by Gasteiger charge is -2.10. The standard InChI is InChI=1S/C19H19FN4O/c1-3-24-10-6-7-14(18(24)25)12-22-19-21-11-13(2)17(23-19)15-8-4-5-9-16(15)20/h4-11H,3,12H2,1-2H3,(H,21,22,23). The summed E-state index contributed by atoms with van der Waals surface area (Å²) in [4.78, 5) is 20.9. The molecule has 0 unspecified atom stereocenters. The first kappa shape index (κ1) is 16.8. The van der Waals surface area contributed by atoms with Crippen LogP contribution in [0.2, 0.25) is 0 Å². The third-order valence-corrected chi connectivity index (χ3v) is 3.98. The fourth-order valence-electron chi connectivity index (χ4n) is 2.60. The van der Waals surface area contributed by atoms with Gasteiger partial charge >= 0.3 is 0 Å². The number of hydrogen-bond donors (Lipinski definition) is 1. The lowest BCUT2D eigenvalue weighted by molar-refractivity contribution is 0.630. The highest BCUT2D eigenvalue weighted by molar-refractivity contribution is 5.64. The highest BCUT2D eigenvalue weighted by Crippen LogP contribution is 2.24. The van der Waals surface area contributed by atoms with E-state index in [2.05, 4.69) is 15.3 Å². The smallest absolute Gasteiger partial charge is 0.255 e. The molecule has 1 aromatic carbocycles. The van der Waals surface area contributed by atoms with Crippen molar-refractivity contribution in [3.63, 3.8) is 0 Å². The van der Waals surface area contributed by atoms with E-state index in [0.29, 0.717) is 35.9 Å². The maximum Gasteiger partial charge on any atom is 0.255 e. The third-order valence-electron chi connectivity index (χ3n) is 3.98. The molecule has 0 aliphatic heterocycles. The molecule has 3 rings (SSSR count). The lowest BCUT2D eigenvalue weighted by Crippen LogP contribution is -2.23. The normalized spacial score (nSPS) is 10.7. The second-order valence-corrected chi connectivity index (χ2v) is 5.68. The molecule has 0 saturated heterocycles. The summed E-state index contributed by atoms with van der Waals surface area (Å²) in [6.07, 6.45) is 3.40. The summed E-state index contributed by atoms with van der Waals surface area (Å²) in [6, 6.07) is 10.1. The predicted molar refractivity (Wildman–Crippen MR) is 95.9 cm³/mol. The number of hydrogen-bond acceptors (Lipinski definition) is 4. The van der Waals surface area contributed by atoms with Crippen LogP contribution in [-0.2, 0) is 13.1 Å². The fraction of sp³-hybridized carbons (Fsp3) is 0.211. The topological polar surface area (TPSA) is 59.8 Å². The van der Waals surface area contributed by atoms with Gasteiger partial charge in [-0.2, -0.15) is 0 Å². The molecule has 25 heavy (non-hydrogen) atoms. The summed E-state index contributed by atoms with van der Waals surface area (Å²) in [5.41, 5.74) is 2.33.